The van der Waals surface area contributed by atoms with Crippen LogP contribution in [0.1, 0.15) is 24.3 Å². The SMILES string of the molecule is COc1cc(C2CC(C(F)(F)F)C2)c(Cl)cc1-n1c(=O)ccc2cc(S(=O)(=O)Nc3ncco3)ccc21. The number of nitrogens with one attached hydrogen (secondary N) is 1. The Hall–Kier alpha value is -3.51. The molecular weight excluding hydrogens is 535 g/mol. The number of fused-ring (bicyclic) bond motifs is 1. The quantitative estimate of drug-likeness (QED) is 0.338. The molecule has 0 unspecified atom stereocenters. The van der Waals surface area contributed by atoms with Gasteiger partial charge in [0.1, 0.15) is 12.0 Å². The number of rotatable bonds is 6. The standard InChI is InChI=1S/C24H19ClF3N3O5S/c1-35-21-11-17(14-8-15(9-14)24(26,27)28)18(25)12-20(21)31-19-4-3-16(10-13(19)2-5-22(31)32)37(33,34)30-23-29-6-7-36-23/h2-7,10-12,14-15H,8-9H2,1H3,(H,29,30). The van der Waals surface area contributed by atoms with Gasteiger partial charge in [0, 0.05) is 16.5 Å². The molecule has 1 saturated carbocycles. The summed E-state index contributed by atoms with van der Waals surface area (Å²) in [7, 11) is -2.65. The Morgan fingerprint density at radius 3 is 2.57 bits per heavy atom. The average molecular weight is 554 g/mol. The summed E-state index contributed by atoms with van der Waals surface area (Å²) in [6.07, 6.45) is -1.88. The predicted octanol–water partition coefficient (Wildman–Crippen LogP) is 5.50. The van der Waals surface area contributed by atoms with Crippen molar-refractivity contribution in [3.8, 4) is 11.4 Å². The molecule has 0 atom stereocenters. The summed E-state index contributed by atoms with van der Waals surface area (Å²) in [5.41, 5.74) is 0.712. The molecule has 0 saturated heterocycles. The zero-order chi connectivity index (χ0) is 26.5. The summed E-state index contributed by atoms with van der Waals surface area (Å²) in [5.74, 6) is -1.51. The predicted molar refractivity (Wildman–Crippen MR) is 130 cm³/mol. The van der Waals surface area contributed by atoms with Crippen molar-refractivity contribution in [1.82, 2.24) is 9.55 Å². The molecule has 0 amide bonds. The second kappa shape index (κ2) is 9.10. The van der Waals surface area contributed by atoms with E-state index in [1.807, 2.05) is 0 Å². The fraction of sp³-hybridized carbons (Fsp3) is 0.250. The lowest BCUT2D eigenvalue weighted by molar-refractivity contribution is -0.197. The zero-order valence-electron chi connectivity index (χ0n) is 19.1. The second-order valence-corrected chi connectivity index (χ2v) is 10.7. The van der Waals surface area contributed by atoms with Gasteiger partial charge in [-0.1, -0.05) is 11.6 Å². The summed E-state index contributed by atoms with van der Waals surface area (Å²) in [6, 6.07) is 9.74. The van der Waals surface area contributed by atoms with Crippen LogP contribution in [0.2, 0.25) is 5.02 Å². The van der Waals surface area contributed by atoms with Gasteiger partial charge in [-0.15, -0.1) is 0 Å². The fourth-order valence-corrected chi connectivity index (χ4v) is 5.73. The molecule has 0 radical (unpaired) electrons. The molecule has 4 aromatic rings. The number of ether oxygens (including phenoxy) is 1. The van der Waals surface area contributed by atoms with Gasteiger partial charge < -0.3 is 9.15 Å². The maximum atomic E-state index is 13.0. The van der Waals surface area contributed by atoms with Crippen molar-refractivity contribution < 1.29 is 30.7 Å². The van der Waals surface area contributed by atoms with Crippen molar-refractivity contribution >= 4 is 38.5 Å². The first-order chi connectivity index (χ1) is 17.5. The highest BCUT2D eigenvalue weighted by molar-refractivity contribution is 7.92. The summed E-state index contributed by atoms with van der Waals surface area (Å²) in [5, 5.41) is 0.629. The summed E-state index contributed by atoms with van der Waals surface area (Å²) >= 11 is 6.48. The van der Waals surface area contributed by atoms with Gasteiger partial charge in [-0.3, -0.25) is 9.36 Å². The van der Waals surface area contributed by atoms with Crippen LogP contribution in [0.5, 0.6) is 5.75 Å². The maximum absolute atomic E-state index is 13.0. The van der Waals surface area contributed by atoms with Gasteiger partial charge in [-0.2, -0.15) is 13.2 Å². The Morgan fingerprint density at radius 2 is 1.92 bits per heavy atom. The van der Waals surface area contributed by atoms with Crippen LogP contribution in [0.3, 0.4) is 0 Å². The number of benzene rings is 2. The molecule has 1 aliphatic rings. The minimum atomic E-state index is -4.25. The highest BCUT2D eigenvalue weighted by atomic mass is 35.5. The van der Waals surface area contributed by atoms with E-state index in [9.17, 15) is 26.4 Å². The van der Waals surface area contributed by atoms with Crippen molar-refractivity contribution in [3.05, 3.63) is 75.9 Å². The van der Waals surface area contributed by atoms with E-state index < -0.39 is 27.7 Å². The van der Waals surface area contributed by atoms with Crippen LogP contribution in [-0.4, -0.2) is 31.3 Å². The van der Waals surface area contributed by atoms with Gasteiger partial charge in [0.2, 0.25) is 0 Å². The second-order valence-electron chi connectivity index (χ2n) is 8.62. The number of aromatic nitrogens is 2. The van der Waals surface area contributed by atoms with E-state index in [0.29, 0.717) is 16.5 Å². The average Bonchev–Trinajstić information content (AvgIpc) is 3.30. The Bertz CT molecular complexity index is 1650. The highest BCUT2D eigenvalue weighted by Crippen LogP contribution is 2.51. The van der Waals surface area contributed by atoms with Crippen LogP contribution in [0.15, 0.2) is 69.0 Å². The lowest BCUT2D eigenvalue weighted by Gasteiger charge is -2.37. The molecule has 1 aliphatic carbocycles. The van der Waals surface area contributed by atoms with Crippen molar-refractivity contribution in [1.29, 1.82) is 0 Å². The summed E-state index contributed by atoms with van der Waals surface area (Å²) in [6.45, 7) is 0. The minimum Gasteiger partial charge on any atom is -0.495 e. The summed E-state index contributed by atoms with van der Waals surface area (Å²) < 4.78 is 78.3. The van der Waals surface area contributed by atoms with E-state index in [1.54, 1.807) is 6.07 Å². The van der Waals surface area contributed by atoms with Crippen LogP contribution < -0.4 is 15.0 Å². The smallest absolute Gasteiger partial charge is 0.391 e. The van der Waals surface area contributed by atoms with Crippen LogP contribution in [0, 0.1) is 5.92 Å². The molecule has 0 aliphatic heterocycles. The number of halogens is 4. The van der Waals surface area contributed by atoms with Gasteiger partial charge in [-0.05, 0) is 60.7 Å². The molecule has 0 spiro atoms. The first-order valence-corrected chi connectivity index (χ1v) is 12.9. The van der Waals surface area contributed by atoms with Crippen molar-refractivity contribution in [2.75, 3.05) is 11.8 Å². The van der Waals surface area contributed by atoms with Crippen molar-refractivity contribution in [2.45, 2.75) is 29.8 Å². The number of sulfonamides is 1. The maximum Gasteiger partial charge on any atom is 0.391 e. The van der Waals surface area contributed by atoms with E-state index in [2.05, 4.69) is 9.71 Å². The number of hydrogen-bond donors (Lipinski definition) is 1. The van der Waals surface area contributed by atoms with E-state index >= 15 is 0 Å². The Kier molecular flexibility index (Phi) is 6.19. The third-order valence-electron chi connectivity index (χ3n) is 6.41. The van der Waals surface area contributed by atoms with E-state index in [0.717, 1.165) is 0 Å². The molecule has 5 rings (SSSR count). The van der Waals surface area contributed by atoms with Gasteiger partial charge in [0.25, 0.3) is 15.6 Å². The Labute approximate surface area is 213 Å². The molecule has 2 aromatic carbocycles. The number of methoxy groups -OCH3 is 1. The number of alkyl halides is 3. The van der Waals surface area contributed by atoms with Gasteiger partial charge >= 0.3 is 12.2 Å². The molecular formula is C24H19ClF3N3O5S. The number of oxazole rings is 1. The number of nitrogens with zero attached hydrogens (tertiary/aromatic N) is 2. The normalized spacial score (nSPS) is 18.0. The molecule has 1 fully saturated rings. The van der Waals surface area contributed by atoms with Crippen molar-refractivity contribution in [2.24, 2.45) is 5.92 Å². The Morgan fingerprint density at radius 1 is 1.16 bits per heavy atom. The van der Waals surface area contributed by atoms with Crippen LogP contribution >= 0.6 is 11.6 Å². The molecule has 2 aromatic heterocycles. The molecule has 1 N–H and O–H groups in total. The first-order valence-electron chi connectivity index (χ1n) is 11.0. The molecule has 0 bridgehead atoms. The lowest BCUT2D eigenvalue weighted by atomic mass is 9.71. The molecule has 37 heavy (non-hydrogen) atoms. The molecule has 2 heterocycles. The minimum absolute atomic E-state index is 0.0707. The van der Waals surface area contributed by atoms with E-state index in [4.69, 9.17) is 20.8 Å². The highest BCUT2D eigenvalue weighted by Gasteiger charge is 2.48. The lowest BCUT2D eigenvalue weighted by Crippen LogP contribution is -2.34. The third-order valence-corrected chi connectivity index (χ3v) is 8.06. The monoisotopic (exact) mass is 553 g/mol. The van der Waals surface area contributed by atoms with Crippen LogP contribution in [0.4, 0.5) is 19.2 Å². The van der Waals surface area contributed by atoms with Gasteiger partial charge in [0.05, 0.1) is 35.3 Å². The third kappa shape index (κ3) is 4.66. The van der Waals surface area contributed by atoms with Gasteiger partial charge in [-0.25, -0.2) is 18.1 Å². The molecule has 13 heteroatoms. The molecule has 194 valence electrons. The first kappa shape index (κ1) is 25.2. The Balaban J connectivity index is 1.55. The number of pyridine rings is 1. The molecule has 8 nitrogen and oxygen atoms in total. The summed E-state index contributed by atoms with van der Waals surface area (Å²) in [4.78, 5) is 16.6. The topological polar surface area (TPSA) is 103 Å². The van der Waals surface area contributed by atoms with Crippen molar-refractivity contribution in [3.63, 3.8) is 0 Å². The number of anilines is 1. The van der Waals surface area contributed by atoms with Crippen LogP contribution in [0.25, 0.3) is 16.6 Å². The largest absolute Gasteiger partial charge is 0.495 e. The van der Waals surface area contributed by atoms with Gasteiger partial charge in [0.15, 0.2) is 0 Å². The zero-order valence-corrected chi connectivity index (χ0v) is 20.7. The number of hydrogen-bond acceptors (Lipinski definition) is 6. The van der Waals surface area contributed by atoms with Crippen LogP contribution in [-0.2, 0) is 10.0 Å². The van der Waals surface area contributed by atoms with E-state index in [1.165, 1.54) is 60.5 Å². The fourth-order valence-electron chi connectivity index (χ4n) is 4.44. The van der Waals surface area contributed by atoms with E-state index in [-0.39, 0.29) is 46.1 Å².